The van der Waals surface area contributed by atoms with Gasteiger partial charge in [0.05, 0.1) is 11.7 Å². The van der Waals surface area contributed by atoms with Gasteiger partial charge in [0.25, 0.3) is 0 Å². The number of aromatic nitrogens is 2. The van der Waals surface area contributed by atoms with Gasteiger partial charge in [0.2, 0.25) is 0 Å². The molecule has 1 saturated heterocycles. The van der Waals surface area contributed by atoms with Crippen LogP contribution >= 0.6 is 0 Å². The zero-order chi connectivity index (χ0) is 9.10. The van der Waals surface area contributed by atoms with E-state index in [9.17, 15) is 0 Å². The minimum absolute atomic E-state index is 0.180. The summed E-state index contributed by atoms with van der Waals surface area (Å²) in [5, 5.41) is 19.3. The molecule has 1 atom stereocenters. The van der Waals surface area contributed by atoms with E-state index in [0.717, 1.165) is 17.9 Å². The van der Waals surface area contributed by atoms with Crippen molar-refractivity contribution in [3.63, 3.8) is 0 Å². The number of nitrogens with zero attached hydrogens (tertiary/aromatic N) is 1. The molecule has 0 radical (unpaired) electrons. The molecule has 1 aliphatic rings. The summed E-state index contributed by atoms with van der Waals surface area (Å²) in [7, 11) is 0. The monoisotopic (exact) mass is 181 g/mol. The third-order valence-corrected chi connectivity index (χ3v) is 2.45. The van der Waals surface area contributed by atoms with E-state index in [-0.39, 0.29) is 6.61 Å². The van der Waals surface area contributed by atoms with E-state index in [4.69, 9.17) is 5.11 Å². The molecule has 4 heteroatoms. The van der Waals surface area contributed by atoms with Gasteiger partial charge in [-0.25, -0.2) is 0 Å². The molecule has 1 unspecified atom stereocenters. The van der Waals surface area contributed by atoms with Gasteiger partial charge in [-0.1, -0.05) is 0 Å². The van der Waals surface area contributed by atoms with Gasteiger partial charge in [-0.15, -0.1) is 0 Å². The molecule has 0 amide bonds. The van der Waals surface area contributed by atoms with Crippen LogP contribution in [-0.2, 0) is 6.42 Å². The Morgan fingerprint density at radius 3 is 3.23 bits per heavy atom. The summed E-state index contributed by atoms with van der Waals surface area (Å²) in [6.07, 6.45) is 3.07. The van der Waals surface area contributed by atoms with E-state index >= 15 is 0 Å². The number of rotatable bonds is 3. The smallest absolute Gasteiger partial charge is 0.0794 e. The molecule has 0 bridgehead atoms. The van der Waals surface area contributed by atoms with Crippen LogP contribution < -0.4 is 5.32 Å². The van der Waals surface area contributed by atoms with Crippen LogP contribution in [0.5, 0.6) is 0 Å². The standard InChI is InChI=1S/C9H15N3O/c13-5-3-7-6-9(12-11-7)8-2-1-4-10-8/h6,8,10,13H,1-5H2,(H,11,12). The van der Waals surface area contributed by atoms with Crippen molar-refractivity contribution in [3.8, 4) is 0 Å². The molecule has 13 heavy (non-hydrogen) atoms. The van der Waals surface area contributed by atoms with Crippen LogP contribution in [0.1, 0.15) is 30.3 Å². The van der Waals surface area contributed by atoms with Gasteiger partial charge in [-0.05, 0) is 25.5 Å². The maximum atomic E-state index is 8.73. The Hall–Kier alpha value is -0.870. The van der Waals surface area contributed by atoms with Crippen molar-refractivity contribution in [2.75, 3.05) is 13.2 Å². The average molecular weight is 181 g/mol. The van der Waals surface area contributed by atoms with Crippen LogP contribution in [0.15, 0.2) is 6.07 Å². The lowest BCUT2D eigenvalue weighted by molar-refractivity contribution is 0.298. The number of aliphatic hydroxyl groups excluding tert-OH is 1. The zero-order valence-corrected chi connectivity index (χ0v) is 7.58. The Balaban J connectivity index is 2.03. The van der Waals surface area contributed by atoms with Crippen molar-refractivity contribution < 1.29 is 5.11 Å². The third kappa shape index (κ3) is 1.89. The van der Waals surface area contributed by atoms with E-state index in [2.05, 4.69) is 15.5 Å². The second-order valence-corrected chi connectivity index (χ2v) is 3.44. The summed E-state index contributed by atoms with van der Waals surface area (Å²) in [4.78, 5) is 0. The lowest BCUT2D eigenvalue weighted by atomic mass is 10.1. The van der Waals surface area contributed by atoms with E-state index < -0.39 is 0 Å². The zero-order valence-electron chi connectivity index (χ0n) is 7.58. The number of nitrogens with one attached hydrogen (secondary N) is 2. The Labute approximate surface area is 77.4 Å². The molecule has 0 spiro atoms. The molecule has 2 rings (SSSR count). The first-order valence-electron chi connectivity index (χ1n) is 4.78. The van der Waals surface area contributed by atoms with Crippen molar-refractivity contribution in [2.24, 2.45) is 0 Å². The first kappa shape index (κ1) is 8.72. The van der Waals surface area contributed by atoms with Crippen LogP contribution in [0.2, 0.25) is 0 Å². The van der Waals surface area contributed by atoms with Gasteiger partial charge < -0.3 is 10.4 Å². The van der Waals surface area contributed by atoms with Crippen molar-refractivity contribution in [2.45, 2.75) is 25.3 Å². The molecule has 1 aliphatic heterocycles. The number of H-pyrrole nitrogens is 1. The minimum Gasteiger partial charge on any atom is -0.396 e. The third-order valence-electron chi connectivity index (χ3n) is 2.45. The highest BCUT2D eigenvalue weighted by molar-refractivity contribution is 5.13. The summed E-state index contributed by atoms with van der Waals surface area (Å²) in [5.74, 6) is 0. The molecule has 4 nitrogen and oxygen atoms in total. The summed E-state index contributed by atoms with van der Waals surface area (Å²) >= 11 is 0. The summed E-state index contributed by atoms with van der Waals surface area (Å²) < 4.78 is 0. The molecule has 3 N–H and O–H groups in total. The summed E-state index contributed by atoms with van der Waals surface area (Å²) in [6.45, 7) is 1.27. The topological polar surface area (TPSA) is 60.9 Å². The van der Waals surface area contributed by atoms with E-state index in [0.29, 0.717) is 12.5 Å². The molecule has 2 heterocycles. The number of hydrogen-bond donors (Lipinski definition) is 3. The second kappa shape index (κ2) is 3.89. The van der Waals surface area contributed by atoms with Gasteiger partial charge in [-0.2, -0.15) is 5.10 Å². The maximum Gasteiger partial charge on any atom is 0.0794 e. The highest BCUT2D eigenvalue weighted by Crippen LogP contribution is 2.21. The van der Waals surface area contributed by atoms with Gasteiger partial charge in [0.1, 0.15) is 0 Å². The molecule has 1 fully saturated rings. The Morgan fingerprint density at radius 1 is 1.62 bits per heavy atom. The van der Waals surface area contributed by atoms with Gasteiger partial charge in [0, 0.05) is 18.7 Å². The molecule has 0 saturated carbocycles. The number of aromatic amines is 1. The molecule has 0 aromatic carbocycles. The van der Waals surface area contributed by atoms with Crippen molar-refractivity contribution in [1.29, 1.82) is 0 Å². The number of hydrogen-bond acceptors (Lipinski definition) is 3. The quantitative estimate of drug-likeness (QED) is 0.631. The predicted molar refractivity (Wildman–Crippen MR) is 49.4 cm³/mol. The largest absolute Gasteiger partial charge is 0.396 e. The highest BCUT2D eigenvalue weighted by Gasteiger charge is 2.18. The maximum absolute atomic E-state index is 8.73. The Bertz CT molecular complexity index is 266. The Morgan fingerprint density at radius 2 is 2.54 bits per heavy atom. The minimum atomic E-state index is 0.180. The average Bonchev–Trinajstić information content (AvgIpc) is 2.70. The van der Waals surface area contributed by atoms with Gasteiger partial charge in [0.15, 0.2) is 0 Å². The van der Waals surface area contributed by atoms with Crippen LogP contribution in [0, 0.1) is 0 Å². The summed E-state index contributed by atoms with van der Waals surface area (Å²) in [6, 6.07) is 2.46. The summed E-state index contributed by atoms with van der Waals surface area (Å²) in [5.41, 5.74) is 2.10. The lowest BCUT2D eigenvalue weighted by Gasteiger charge is -2.03. The fourth-order valence-corrected chi connectivity index (χ4v) is 1.74. The number of aliphatic hydroxyl groups is 1. The SMILES string of the molecule is OCCc1cc(C2CCCN2)n[nH]1. The molecule has 0 aliphatic carbocycles. The van der Waals surface area contributed by atoms with Crippen LogP contribution in [-0.4, -0.2) is 28.5 Å². The first-order chi connectivity index (χ1) is 6.40. The fourth-order valence-electron chi connectivity index (χ4n) is 1.74. The lowest BCUT2D eigenvalue weighted by Crippen LogP contribution is -2.12. The van der Waals surface area contributed by atoms with E-state index in [1.54, 1.807) is 0 Å². The normalized spacial score (nSPS) is 22.4. The van der Waals surface area contributed by atoms with E-state index in [1.807, 2.05) is 6.07 Å². The molecule has 1 aromatic heterocycles. The molecule has 72 valence electrons. The van der Waals surface area contributed by atoms with Crippen LogP contribution in [0.4, 0.5) is 0 Å². The van der Waals surface area contributed by atoms with Crippen molar-refractivity contribution in [1.82, 2.24) is 15.5 Å². The molecular formula is C9H15N3O. The molecular weight excluding hydrogens is 166 g/mol. The first-order valence-corrected chi connectivity index (χ1v) is 4.78. The Kier molecular flexibility index (Phi) is 2.61. The fraction of sp³-hybridized carbons (Fsp3) is 0.667. The van der Waals surface area contributed by atoms with Gasteiger partial charge >= 0.3 is 0 Å². The van der Waals surface area contributed by atoms with Crippen molar-refractivity contribution >= 4 is 0 Å². The van der Waals surface area contributed by atoms with Crippen LogP contribution in [0.25, 0.3) is 0 Å². The second-order valence-electron chi connectivity index (χ2n) is 3.44. The van der Waals surface area contributed by atoms with Crippen molar-refractivity contribution in [3.05, 3.63) is 17.5 Å². The van der Waals surface area contributed by atoms with Crippen LogP contribution in [0.3, 0.4) is 0 Å². The highest BCUT2D eigenvalue weighted by atomic mass is 16.3. The predicted octanol–water partition coefficient (Wildman–Crippen LogP) is 0.369. The van der Waals surface area contributed by atoms with Gasteiger partial charge in [-0.3, -0.25) is 5.10 Å². The van der Waals surface area contributed by atoms with E-state index in [1.165, 1.54) is 12.8 Å². The molecule has 1 aromatic rings.